The minimum Gasteiger partial charge on any atom is -0.345 e. The van der Waals surface area contributed by atoms with Crippen LogP contribution in [-0.2, 0) is 10.0 Å². The minimum absolute atomic E-state index is 0.357. The molecule has 0 atom stereocenters. The summed E-state index contributed by atoms with van der Waals surface area (Å²) < 4.78 is 27.9. The fraction of sp³-hybridized carbons (Fsp3) is 0.357. The van der Waals surface area contributed by atoms with E-state index >= 15 is 0 Å². The highest BCUT2D eigenvalue weighted by Gasteiger charge is 2.29. The molecule has 1 aliphatic heterocycles. The van der Waals surface area contributed by atoms with Crippen LogP contribution < -0.4 is 4.90 Å². The number of rotatable bonds is 3. The van der Waals surface area contributed by atoms with E-state index in [-0.39, 0.29) is 0 Å². The van der Waals surface area contributed by atoms with E-state index in [1.807, 2.05) is 12.3 Å². The van der Waals surface area contributed by atoms with E-state index in [9.17, 15) is 8.42 Å². The summed E-state index contributed by atoms with van der Waals surface area (Å²) in [4.78, 5) is 6.76. The molecule has 0 spiro atoms. The monoisotopic (exact) mass is 401 g/mol. The Kier molecular flexibility index (Phi) is 4.54. The second-order valence-electron chi connectivity index (χ2n) is 5.12. The van der Waals surface area contributed by atoms with Crippen molar-refractivity contribution in [2.45, 2.75) is 11.8 Å². The zero-order chi connectivity index (χ0) is 15.7. The Balaban J connectivity index is 1.75. The van der Waals surface area contributed by atoms with Crippen molar-refractivity contribution < 1.29 is 8.42 Å². The van der Waals surface area contributed by atoms with Gasteiger partial charge < -0.3 is 4.90 Å². The Morgan fingerprint density at radius 2 is 1.95 bits per heavy atom. The van der Waals surface area contributed by atoms with Crippen molar-refractivity contribution in [3.63, 3.8) is 0 Å². The first-order chi connectivity index (χ1) is 10.5. The number of sulfonamides is 1. The molecule has 118 valence electrons. The number of aromatic nitrogens is 1. The van der Waals surface area contributed by atoms with Crippen molar-refractivity contribution in [3.05, 3.63) is 39.8 Å². The quantitative estimate of drug-likeness (QED) is 0.793. The average molecular weight is 402 g/mol. The lowest BCUT2D eigenvalue weighted by atomic mass is 10.2. The molecule has 0 N–H and O–H groups in total. The highest BCUT2D eigenvalue weighted by atomic mass is 79.9. The van der Waals surface area contributed by atoms with Crippen LogP contribution in [0, 0.1) is 6.92 Å². The van der Waals surface area contributed by atoms with Crippen molar-refractivity contribution >= 4 is 42.4 Å². The third kappa shape index (κ3) is 3.05. The molecule has 2 heterocycles. The van der Waals surface area contributed by atoms with Gasteiger partial charge in [-0.15, -0.1) is 11.3 Å². The van der Waals surface area contributed by atoms with Crippen LogP contribution in [0.4, 0.5) is 5.13 Å². The van der Waals surface area contributed by atoms with Gasteiger partial charge in [0.05, 0.1) is 4.90 Å². The molecule has 0 bridgehead atoms. The Morgan fingerprint density at radius 1 is 1.23 bits per heavy atom. The number of hydrogen-bond donors (Lipinski definition) is 0. The van der Waals surface area contributed by atoms with E-state index in [0.29, 0.717) is 31.1 Å². The summed E-state index contributed by atoms with van der Waals surface area (Å²) in [5.74, 6) is 0. The summed E-state index contributed by atoms with van der Waals surface area (Å²) in [6.45, 7) is 4.20. The van der Waals surface area contributed by atoms with Crippen LogP contribution >= 0.6 is 27.3 Å². The number of benzene rings is 1. The van der Waals surface area contributed by atoms with Gasteiger partial charge in [0.25, 0.3) is 0 Å². The van der Waals surface area contributed by atoms with Crippen molar-refractivity contribution in [3.8, 4) is 0 Å². The van der Waals surface area contributed by atoms with Crippen LogP contribution in [0.25, 0.3) is 0 Å². The number of anilines is 1. The number of aryl methyl sites for hydroxylation is 1. The van der Waals surface area contributed by atoms with Crippen LogP contribution in [0.2, 0.25) is 0 Å². The van der Waals surface area contributed by atoms with Crippen molar-refractivity contribution in [2.24, 2.45) is 0 Å². The summed E-state index contributed by atoms with van der Waals surface area (Å²) in [6.07, 6.45) is 1.77. The summed E-state index contributed by atoms with van der Waals surface area (Å²) in [5, 5.41) is 2.89. The zero-order valence-electron chi connectivity index (χ0n) is 12.1. The number of halogens is 1. The first-order valence-electron chi connectivity index (χ1n) is 6.89. The molecular weight excluding hydrogens is 386 g/mol. The van der Waals surface area contributed by atoms with E-state index < -0.39 is 10.0 Å². The van der Waals surface area contributed by atoms with Crippen LogP contribution in [0.5, 0.6) is 0 Å². The Hall–Kier alpha value is -0.960. The van der Waals surface area contributed by atoms with Crippen LogP contribution in [0.15, 0.2) is 39.1 Å². The summed E-state index contributed by atoms with van der Waals surface area (Å²) in [7, 11) is -3.42. The minimum atomic E-state index is -3.42. The van der Waals surface area contributed by atoms with Gasteiger partial charge in [-0.2, -0.15) is 4.31 Å². The van der Waals surface area contributed by atoms with Gasteiger partial charge in [-0.25, -0.2) is 13.4 Å². The maximum atomic E-state index is 12.7. The number of hydrogen-bond acceptors (Lipinski definition) is 5. The van der Waals surface area contributed by atoms with E-state index in [4.69, 9.17) is 0 Å². The van der Waals surface area contributed by atoms with Gasteiger partial charge in [-0.3, -0.25) is 0 Å². The van der Waals surface area contributed by atoms with Crippen molar-refractivity contribution in [2.75, 3.05) is 31.1 Å². The normalized spacial score (nSPS) is 16.9. The molecule has 5 nitrogen and oxygen atoms in total. The first-order valence-corrected chi connectivity index (χ1v) is 10.0. The predicted octanol–water partition coefficient (Wildman–Crippen LogP) is 2.72. The lowest BCUT2D eigenvalue weighted by Gasteiger charge is -2.33. The average Bonchev–Trinajstić information content (AvgIpc) is 3.04. The molecule has 0 saturated carbocycles. The largest absolute Gasteiger partial charge is 0.345 e. The first kappa shape index (κ1) is 15.9. The molecular formula is C14H16BrN3O2S2. The Bertz CT molecular complexity index is 754. The number of piperazine rings is 1. The smallest absolute Gasteiger partial charge is 0.243 e. The van der Waals surface area contributed by atoms with Crippen molar-refractivity contribution in [1.82, 2.24) is 9.29 Å². The zero-order valence-corrected chi connectivity index (χ0v) is 15.3. The van der Waals surface area contributed by atoms with Crippen LogP contribution in [0.3, 0.4) is 0 Å². The van der Waals surface area contributed by atoms with E-state index in [1.165, 1.54) is 0 Å². The molecule has 22 heavy (non-hydrogen) atoms. The van der Waals surface area contributed by atoms with E-state index in [2.05, 4.69) is 25.8 Å². The molecule has 1 aromatic heterocycles. The fourth-order valence-corrected chi connectivity index (χ4v) is 4.87. The standard InChI is InChI=1S/C14H16BrN3O2S2/c1-11-10-12(2-3-13(11)15)22(19,20)18-7-5-17(6-8-18)14-16-4-9-21-14/h2-4,9-10H,5-8H2,1H3. The van der Waals surface area contributed by atoms with Gasteiger partial charge in [0.1, 0.15) is 0 Å². The third-order valence-corrected chi connectivity index (χ3v) is 7.31. The van der Waals surface area contributed by atoms with Crippen molar-refractivity contribution in [1.29, 1.82) is 0 Å². The lowest BCUT2D eigenvalue weighted by Crippen LogP contribution is -2.48. The molecule has 0 aliphatic carbocycles. The molecule has 3 rings (SSSR count). The summed E-state index contributed by atoms with van der Waals surface area (Å²) >= 11 is 4.98. The van der Waals surface area contributed by atoms with Crippen LogP contribution in [-0.4, -0.2) is 43.9 Å². The van der Waals surface area contributed by atoms with Gasteiger partial charge in [-0.1, -0.05) is 15.9 Å². The second kappa shape index (κ2) is 6.27. The Labute approximate surface area is 142 Å². The second-order valence-corrected chi connectivity index (χ2v) is 8.78. The van der Waals surface area contributed by atoms with Gasteiger partial charge in [0.15, 0.2) is 5.13 Å². The molecule has 0 unspecified atom stereocenters. The summed E-state index contributed by atoms with van der Waals surface area (Å²) in [6, 6.07) is 5.15. The van der Waals surface area contributed by atoms with Gasteiger partial charge in [-0.05, 0) is 30.7 Å². The van der Waals surface area contributed by atoms with E-state index in [1.54, 1.807) is 40.0 Å². The molecule has 2 aromatic rings. The van der Waals surface area contributed by atoms with E-state index in [0.717, 1.165) is 15.2 Å². The summed E-state index contributed by atoms with van der Waals surface area (Å²) in [5.41, 5.74) is 0.919. The highest BCUT2D eigenvalue weighted by molar-refractivity contribution is 9.10. The molecule has 1 fully saturated rings. The number of thiazole rings is 1. The SMILES string of the molecule is Cc1cc(S(=O)(=O)N2CCN(c3nccs3)CC2)ccc1Br. The molecule has 0 amide bonds. The molecule has 8 heteroatoms. The maximum Gasteiger partial charge on any atom is 0.243 e. The lowest BCUT2D eigenvalue weighted by molar-refractivity contribution is 0.384. The molecule has 1 saturated heterocycles. The highest BCUT2D eigenvalue weighted by Crippen LogP contribution is 2.25. The van der Waals surface area contributed by atoms with Gasteiger partial charge >= 0.3 is 0 Å². The molecule has 1 aliphatic rings. The van der Waals surface area contributed by atoms with Crippen LogP contribution in [0.1, 0.15) is 5.56 Å². The Morgan fingerprint density at radius 3 is 2.55 bits per heavy atom. The van der Waals surface area contributed by atoms with Gasteiger partial charge in [0, 0.05) is 42.2 Å². The van der Waals surface area contributed by atoms with Gasteiger partial charge in [0.2, 0.25) is 10.0 Å². The molecule has 0 radical (unpaired) electrons. The predicted molar refractivity (Wildman–Crippen MR) is 92.0 cm³/mol. The third-order valence-electron chi connectivity index (χ3n) is 3.70. The maximum absolute atomic E-state index is 12.7. The fourth-order valence-electron chi connectivity index (χ4n) is 2.42. The molecule has 1 aromatic carbocycles. The number of nitrogens with zero attached hydrogens (tertiary/aromatic N) is 3. The topological polar surface area (TPSA) is 53.5 Å².